The van der Waals surface area contributed by atoms with Crippen LogP contribution in [0.3, 0.4) is 0 Å². The predicted octanol–water partition coefficient (Wildman–Crippen LogP) is 0.300. The summed E-state index contributed by atoms with van der Waals surface area (Å²) >= 11 is 0. The Morgan fingerprint density at radius 1 is 1.36 bits per heavy atom. The van der Waals surface area contributed by atoms with Crippen LogP contribution in [0, 0.1) is 10.1 Å². The van der Waals surface area contributed by atoms with E-state index in [9.17, 15) is 19.7 Å². The largest absolute Gasteiger partial charge is 0.384 e. The Bertz CT molecular complexity index is 467. The number of ether oxygens (including phenoxy) is 1. The van der Waals surface area contributed by atoms with E-state index >= 15 is 0 Å². The third-order valence-electron chi connectivity index (χ3n) is 1.68. The normalized spacial score (nSPS) is 13.7. The molecule has 0 unspecified atom stereocenters. The molecule has 7 nitrogen and oxygen atoms in total. The SMILES string of the molecule is O=C1OC(=O)c2ncc([N+](=O)[O-])cc21. The Morgan fingerprint density at radius 2 is 2.07 bits per heavy atom. The number of nitro groups is 1. The van der Waals surface area contributed by atoms with E-state index in [2.05, 4.69) is 9.72 Å². The van der Waals surface area contributed by atoms with Crippen LogP contribution >= 0.6 is 0 Å². The zero-order valence-electron chi connectivity index (χ0n) is 6.59. The van der Waals surface area contributed by atoms with E-state index in [4.69, 9.17) is 0 Å². The number of hydrogen-bond acceptors (Lipinski definition) is 6. The van der Waals surface area contributed by atoms with Gasteiger partial charge in [0.1, 0.15) is 11.8 Å². The topological polar surface area (TPSA) is 99.4 Å². The molecule has 0 saturated carbocycles. The van der Waals surface area contributed by atoms with Crippen LogP contribution < -0.4 is 0 Å². The molecule has 0 bridgehead atoms. The van der Waals surface area contributed by atoms with Gasteiger partial charge in [0, 0.05) is 6.07 Å². The second kappa shape index (κ2) is 2.59. The van der Waals surface area contributed by atoms with Gasteiger partial charge >= 0.3 is 11.9 Å². The van der Waals surface area contributed by atoms with E-state index in [1.807, 2.05) is 0 Å². The fourth-order valence-electron chi connectivity index (χ4n) is 1.06. The standard InChI is InChI=1S/C7H2N2O5/c10-6-4-1-3(9(12)13)2-8-5(4)7(11)14-6/h1-2H. The van der Waals surface area contributed by atoms with Crippen molar-refractivity contribution in [3.05, 3.63) is 33.6 Å². The van der Waals surface area contributed by atoms with Crippen molar-refractivity contribution < 1.29 is 19.2 Å². The van der Waals surface area contributed by atoms with Crippen LogP contribution in [0.1, 0.15) is 20.8 Å². The molecule has 7 heteroatoms. The van der Waals surface area contributed by atoms with E-state index in [0.29, 0.717) is 0 Å². The number of aromatic nitrogens is 1. The van der Waals surface area contributed by atoms with Crippen molar-refractivity contribution in [3.63, 3.8) is 0 Å². The Balaban J connectivity index is 2.61. The molecule has 1 aliphatic heterocycles. The highest BCUT2D eigenvalue weighted by Gasteiger charge is 2.32. The number of esters is 2. The molecule has 0 spiro atoms. The van der Waals surface area contributed by atoms with Crippen LogP contribution in [0.15, 0.2) is 12.3 Å². The molecule has 1 aliphatic rings. The molecule has 0 radical (unpaired) electrons. The maximum atomic E-state index is 10.9. The Morgan fingerprint density at radius 3 is 2.71 bits per heavy atom. The Labute approximate surface area is 76.5 Å². The van der Waals surface area contributed by atoms with Gasteiger partial charge in [-0.2, -0.15) is 0 Å². The van der Waals surface area contributed by atoms with E-state index in [1.165, 1.54) is 0 Å². The summed E-state index contributed by atoms with van der Waals surface area (Å²) in [5, 5.41) is 10.3. The summed E-state index contributed by atoms with van der Waals surface area (Å²) in [6.07, 6.45) is 0.901. The summed E-state index contributed by atoms with van der Waals surface area (Å²) in [6.45, 7) is 0. The second-order valence-corrected chi connectivity index (χ2v) is 2.52. The monoisotopic (exact) mass is 194 g/mol. The molecule has 0 N–H and O–H groups in total. The molecule has 1 aromatic rings. The highest BCUT2D eigenvalue weighted by Crippen LogP contribution is 2.21. The van der Waals surface area contributed by atoms with Crippen LogP contribution in [-0.2, 0) is 4.74 Å². The molecule has 0 fully saturated rings. The summed E-state index contributed by atoms with van der Waals surface area (Å²) in [4.78, 5) is 34.9. The average Bonchev–Trinajstić information content (AvgIpc) is 2.42. The van der Waals surface area contributed by atoms with Gasteiger partial charge < -0.3 is 4.74 Å². The number of carbonyl (C=O) groups excluding carboxylic acids is 2. The average molecular weight is 194 g/mol. The smallest absolute Gasteiger partial charge is 0.365 e. The molecular formula is C7H2N2O5. The summed E-state index contributed by atoms with van der Waals surface area (Å²) in [7, 11) is 0. The maximum Gasteiger partial charge on any atom is 0.365 e. The number of fused-ring (bicyclic) bond motifs is 1. The van der Waals surface area contributed by atoms with Gasteiger partial charge in [-0.3, -0.25) is 10.1 Å². The Kier molecular flexibility index (Phi) is 1.53. The van der Waals surface area contributed by atoms with Crippen LogP contribution in [0.4, 0.5) is 5.69 Å². The quantitative estimate of drug-likeness (QED) is 0.276. The van der Waals surface area contributed by atoms with Crippen LogP contribution in [0.25, 0.3) is 0 Å². The lowest BCUT2D eigenvalue weighted by atomic mass is 10.2. The first-order chi connectivity index (χ1) is 6.59. The lowest BCUT2D eigenvalue weighted by Crippen LogP contribution is -1.98. The van der Waals surface area contributed by atoms with Gasteiger partial charge in [-0.1, -0.05) is 0 Å². The van der Waals surface area contributed by atoms with Gasteiger partial charge in [0.15, 0.2) is 5.69 Å². The zero-order valence-corrected chi connectivity index (χ0v) is 6.59. The number of rotatable bonds is 1. The van der Waals surface area contributed by atoms with Crippen molar-refractivity contribution in [1.82, 2.24) is 4.98 Å². The molecule has 0 saturated heterocycles. The minimum atomic E-state index is -0.902. The van der Waals surface area contributed by atoms with Gasteiger partial charge in [0.05, 0.1) is 4.92 Å². The molecule has 0 atom stereocenters. The fraction of sp³-hybridized carbons (Fsp3) is 0. The molecule has 2 rings (SSSR count). The minimum absolute atomic E-state index is 0.163. The van der Waals surface area contributed by atoms with E-state index in [0.717, 1.165) is 12.3 Å². The highest BCUT2D eigenvalue weighted by atomic mass is 16.6. The van der Waals surface area contributed by atoms with Crippen LogP contribution in [0.2, 0.25) is 0 Å². The zero-order chi connectivity index (χ0) is 10.3. The number of carbonyl (C=O) groups is 2. The van der Waals surface area contributed by atoms with E-state index in [1.54, 1.807) is 0 Å². The predicted molar refractivity (Wildman–Crippen MR) is 40.6 cm³/mol. The van der Waals surface area contributed by atoms with Crippen molar-refractivity contribution >= 4 is 17.6 Å². The molecule has 2 heterocycles. The first-order valence-corrected chi connectivity index (χ1v) is 3.50. The molecule has 0 amide bonds. The van der Waals surface area contributed by atoms with Gasteiger partial charge in [-0.25, -0.2) is 14.6 Å². The first kappa shape index (κ1) is 8.30. The molecule has 0 aromatic carbocycles. The summed E-state index contributed by atoms with van der Waals surface area (Å²) in [5.74, 6) is -1.78. The van der Waals surface area contributed by atoms with Crippen LogP contribution in [0.5, 0.6) is 0 Å². The lowest BCUT2D eigenvalue weighted by molar-refractivity contribution is -0.385. The van der Waals surface area contributed by atoms with Gasteiger partial charge in [0.2, 0.25) is 0 Å². The summed E-state index contributed by atoms with van der Waals surface area (Å²) in [6, 6.07) is 0.968. The minimum Gasteiger partial charge on any atom is -0.384 e. The lowest BCUT2D eigenvalue weighted by Gasteiger charge is -1.91. The molecular weight excluding hydrogens is 192 g/mol. The van der Waals surface area contributed by atoms with Crippen LogP contribution in [-0.4, -0.2) is 21.8 Å². The number of pyridine rings is 1. The second-order valence-electron chi connectivity index (χ2n) is 2.52. The third kappa shape index (κ3) is 1.03. The molecule has 1 aromatic heterocycles. The van der Waals surface area contributed by atoms with Crippen molar-refractivity contribution in [2.45, 2.75) is 0 Å². The first-order valence-electron chi connectivity index (χ1n) is 3.50. The molecule has 70 valence electrons. The van der Waals surface area contributed by atoms with Crippen molar-refractivity contribution in [2.24, 2.45) is 0 Å². The summed E-state index contributed by atoms with van der Waals surface area (Å²) < 4.78 is 4.20. The van der Waals surface area contributed by atoms with E-state index < -0.39 is 16.9 Å². The van der Waals surface area contributed by atoms with Crippen molar-refractivity contribution in [1.29, 1.82) is 0 Å². The van der Waals surface area contributed by atoms with Gasteiger partial charge in [-0.05, 0) is 0 Å². The van der Waals surface area contributed by atoms with E-state index in [-0.39, 0.29) is 16.9 Å². The fourth-order valence-corrected chi connectivity index (χ4v) is 1.06. The van der Waals surface area contributed by atoms with Gasteiger partial charge in [-0.15, -0.1) is 0 Å². The van der Waals surface area contributed by atoms with Gasteiger partial charge in [0.25, 0.3) is 5.69 Å². The summed E-state index contributed by atoms with van der Waals surface area (Å²) in [5.41, 5.74) is -0.694. The molecule has 14 heavy (non-hydrogen) atoms. The highest BCUT2D eigenvalue weighted by molar-refractivity contribution is 6.13. The molecule has 0 aliphatic carbocycles. The van der Waals surface area contributed by atoms with Crippen molar-refractivity contribution in [2.75, 3.05) is 0 Å². The number of hydrogen-bond donors (Lipinski definition) is 0. The third-order valence-corrected chi connectivity index (χ3v) is 1.68. The van der Waals surface area contributed by atoms with Crippen molar-refractivity contribution in [3.8, 4) is 0 Å². The Hall–Kier alpha value is -2.31. The maximum absolute atomic E-state index is 10.9. The number of cyclic esters (lactones) is 2. The number of nitrogens with zero attached hydrogens (tertiary/aromatic N) is 2.